The van der Waals surface area contributed by atoms with E-state index in [1.165, 1.54) is 37.0 Å². The standard InChI is InChI=1S/C12H18N2O2S/c1-2-9-10(11(15)16)17-12(13-9)14-7-5-3-4-6-8-14/h2-8H2,1H3,(H,15,16). The van der Waals surface area contributed by atoms with Crippen LogP contribution < -0.4 is 4.90 Å². The van der Waals surface area contributed by atoms with E-state index in [0.29, 0.717) is 11.3 Å². The van der Waals surface area contributed by atoms with Gasteiger partial charge >= 0.3 is 5.97 Å². The van der Waals surface area contributed by atoms with E-state index in [-0.39, 0.29) is 0 Å². The largest absolute Gasteiger partial charge is 0.477 e. The Morgan fingerprint density at radius 1 is 1.35 bits per heavy atom. The molecular weight excluding hydrogens is 236 g/mol. The zero-order valence-electron chi connectivity index (χ0n) is 10.1. The zero-order chi connectivity index (χ0) is 12.3. The molecule has 1 N–H and O–H groups in total. The normalized spacial score (nSPS) is 16.9. The second-order valence-corrected chi connectivity index (χ2v) is 5.31. The number of rotatable bonds is 3. The maximum Gasteiger partial charge on any atom is 0.347 e. The molecule has 0 saturated carbocycles. The lowest BCUT2D eigenvalue weighted by molar-refractivity contribution is 0.0701. The van der Waals surface area contributed by atoms with E-state index in [1.54, 1.807) is 0 Å². The molecule has 1 saturated heterocycles. The van der Waals surface area contributed by atoms with Crippen LogP contribution in [0.15, 0.2) is 0 Å². The van der Waals surface area contributed by atoms with Crippen molar-refractivity contribution in [1.82, 2.24) is 4.98 Å². The van der Waals surface area contributed by atoms with Crippen LogP contribution in [0.2, 0.25) is 0 Å². The van der Waals surface area contributed by atoms with Crippen molar-refractivity contribution in [2.75, 3.05) is 18.0 Å². The van der Waals surface area contributed by atoms with Crippen LogP contribution in [0, 0.1) is 0 Å². The smallest absolute Gasteiger partial charge is 0.347 e. The maximum absolute atomic E-state index is 11.1. The van der Waals surface area contributed by atoms with Crippen molar-refractivity contribution in [3.05, 3.63) is 10.6 Å². The van der Waals surface area contributed by atoms with Gasteiger partial charge in [-0.05, 0) is 19.3 Å². The van der Waals surface area contributed by atoms with Gasteiger partial charge in [0.25, 0.3) is 0 Å². The lowest BCUT2D eigenvalue weighted by Gasteiger charge is -2.18. The molecule has 5 heteroatoms. The van der Waals surface area contributed by atoms with Crippen molar-refractivity contribution < 1.29 is 9.90 Å². The van der Waals surface area contributed by atoms with E-state index < -0.39 is 5.97 Å². The van der Waals surface area contributed by atoms with Crippen molar-refractivity contribution in [3.8, 4) is 0 Å². The number of anilines is 1. The molecule has 0 unspecified atom stereocenters. The molecule has 1 aliphatic heterocycles. The number of nitrogens with zero attached hydrogens (tertiary/aromatic N) is 2. The first-order valence-corrected chi connectivity index (χ1v) is 7.02. The quantitative estimate of drug-likeness (QED) is 0.901. The summed E-state index contributed by atoms with van der Waals surface area (Å²) < 4.78 is 0. The van der Waals surface area contributed by atoms with Crippen LogP contribution in [0.5, 0.6) is 0 Å². The van der Waals surface area contributed by atoms with Gasteiger partial charge < -0.3 is 10.0 Å². The van der Waals surface area contributed by atoms with Crippen molar-refractivity contribution in [2.24, 2.45) is 0 Å². The monoisotopic (exact) mass is 254 g/mol. The van der Waals surface area contributed by atoms with Crippen LogP contribution >= 0.6 is 11.3 Å². The predicted octanol–water partition coefficient (Wildman–Crippen LogP) is 2.78. The molecule has 2 heterocycles. The third-order valence-corrected chi connectivity index (χ3v) is 4.24. The van der Waals surface area contributed by atoms with Gasteiger partial charge in [0.2, 0.25) is 0 Å². The van der Waals surface area contributed by atoms with Crippen molar-refractivity contribution >= 4 is 22.4 Å². The molecule has 94 valence electrons. The van der Waals surface area contributed by atoms with Crippen LogP contribution in [0.4, 0.5) is 5.13 Å². The molecule has 0 atom stereocenters. The van der Waals surface area contributed by atoms with Gasteiger partial charge in [-0.1, -0.05) is 31.1 Å². The lowest BCUT2D eigenvalue weighted by Crippen LogP contribution is -2.23. The number of carbonyl (C=O) groups is 1. The highest BCUT2D eigenvalue weighted by Gasteiger charge is 2.20. The molecule has 4 nitrogen and oxygen atoms in total. The first-order valence-electron chi connectivity index (χ1n) is 6.20. The van der Waals surface area contributed by atoms with Crippen molar-refractivity contribution in [3.63, 3.8) is 0 Å². The van der Waals surface area contributed by atoms with Crippen LogP contribution in [0.3, 0.4) is 0 Å². The van der Waals surface area contributed by atoms with Gasteiger partial charge in [-0.15, -0.1) is 0 Å². The third kappa shape index (κ3) is 2.77. The second kappa shape index (κ2) is 5.49. The van der Waals surface area contributed by atoms with Gasteiger partial charge in [-0.3, -0.25) is 0 Å². The van der Waals surface area contributed by atoms with Crippen LogP contribution in [0.1, 0.15) is 48.0 Å². The SMILES string of the molecule is CCc1nc(N2CCCCCC2)sc1C(=O)O. The minimum atomic E-state index is -0.847. The van der Waals surface area contributed by atoms with Gasteiger partial charge in [-0.2, -0.15) is 0 Å². The average molecular weight is 254 g/mol. The van der Waals surface area contributed by atoms with Crippen LogP contribution in [-0.2, 0) is 6.42 Å². The summed E-state index contributed by atoms with van der Waals surface area (Å²) in [6, 6.07) is 0. The summed E-state index contributed by atoms with van der Waals surface area (Å²) >= 11 is 1.32. The van der Waals surface area contributed by atoms with Gasteiger partial charge in [0.1, 0.15) is 4.88 Å². The fourth-order valence-electron chi connectivity index (χ4n) is 2.14. The van der Waals surface area contributed by atoms with E-state index >= 15 is 0 Å². The molecule has 0 amide bonds. The molecule has 0 aliphatic carbocycles. The van der Waals surface area contributed by atoms with Gasteiger partial charge in [0.15, 0.2) is 5.13 Å². The molecule has 1 fully saturated rings. The van der Waals surface area contributed by atoms with Crippen molar-refractivity contribution in [2.45, 2.75) is 39.0 Å². The molecule has 0 bridgehead atoms. The van der Waals surface area contributed by atoms with Crippen molar-refractivity contribution in [1.29, 1.82) is 0 Å². The molecular formula is C12H18N2O2S. The summed E-state index contributed by atoms with van der Waals surface area (Å²) in [5.41, 5.74) is 0.724. The number of aromatic carboxylic acids is 1. The lowest BCUT2D eigenvalue weighted by atomic mass is 10.2. The molecule has 2 rings (SSSR count). The Labute approximate surface area is 105 Å². The number of hydrogen-bond donors (Lipinski definition) is 1. The first-order chi connectivity index (χ1) is 8.22. The minimum Gasteiger partial charge on any atom is -0.477 e. The van der Waals surface area contributed by atoms with E-state index in [0.717, 1.165) is 23.9 Å². The molecule has 17 heavy (non-hydrogen) atoms. The Kier molecular flexibility index (Phi) is 3.99. The number of carboxylic acid groups (broad SMARTS) is 1. The first kappa shape index (κ1) is 12.4. The van der Waals surface area contributed by atoms with E-state index in [1.807, 2.05) is 6.92 Å². The molecule has 1 aromatic heterocycles. The van der Waals surface area contributed by atoms with E-state index in [2.05, 4.69) is 9.88 Å². The number of hydrogen-bond acceptors (Lipinski definition) is 4. The van der Waals surface area contributed by atoms with E-state index in [9.17, 15) is 4.79 Å². The number of carboxylic acids is 1. The fraction of sp³-hybridized carbons (Fsp3) is 0.667. The zero-order valence-corrected chi connectivity index (χ0v) is 10.9. The number of aryl methyl sites for hydroxylation is 1. The Morgan fingerprint density at radius 2 is 2.00 bits per heavy atom. The highest BCUT2D eigenvalue weighted by Crippen LogP contribution is 2.28. The average Bonchev–Trinajstić information content (AvgIpc) is 2.57. The van der Waals surface area contributed by atoms with Gasteiger partial charge in [0, 0.05) is 13.1 Å². The Balaban J connectivity index is 2.22. The summed E-state index contributed by atoms with van der Waals surface area (Å²) in [7, 11) is 0. The number of thiazole rings is 1. The topological polar surface area (TPSA) is 53.4 Å². The van der Waals surface area contributed by atoms with Crippen LogP contribution in [-0.4, -0.2) is 29.1 Å². The Morgan fingerprint density at radius 3 is 2.47 bits per heavy atom. The highest BCUT2D eigenvalue weighted by molar-refractivity contribution is 7.17. The van der Waals surface area contributed by atoms with Gasteiger partial charge in [0.05, 0.1) is 5.69 Å². The fourth-order valence-corrected chi connectivity index (χ4v) is 3.19. The Hall–Kier alpha value is -1.10. The third-order valence-electron chi connectivity index (χ3n) is 3.09. The summed E-state index contributed by atoms with van der Waals surface area (Å²) in [5.74, 6) is -0.847. The summed E-state index contributed by atoms with van der Waals surface area (Å²) in [4.78, 5) is 18.2. The summed E-state index contributed by atoms with van der Waals surface area (Å²) in [6.45, 7) is 3.97. The highest BCUT2D eigenvalue weighted by atomic mass is 32.1. The molecule has 0 radical (unpaired) electrons. The molecule has 1 aliphatic rings. The Bertz CT molecular complexity index is 395. The molecule has 0 spiro atoms. The van der Waals surface area contributed by atoms with Gasteiger partial charge in [-0.25, -0.2) is 9.78 Å². The molecule has 1 aromatic rings. The van der Waals surface area contributed by atoms with E-state index in [4.69, 9.17) is 5.11 Å². The number of aromatic nitrogens is 1. The summed E-state index contributed by atoms with van der Waals surface area (Å²) in [6.07, 6.45) is 5.60. The summed E-state index contributed by atoms with van der Waals surface area (Å²) in [5, 5.41) is 10.0. The minimum absolute atomic E-state index is 0.409. The molecule has 0 aromatic carbocycles. The van der Waals surface area contributed by atoms with Crippen LogP contribution in [0.25, 0.3) is 0 Å². The predicted molar refractivity (Wildman–Crippen MR) is 69.1 cm³/mol. The maximum atomic E-state index is 11.1. The second-order valence-electron chi connectivity index (χ2n) is 4.33.